The third-order valence-corrected chi connectivity index (χ3v) is 5.12. The smallest absolute Gasteiger partial charge is 0.255 e. The summed E-state index contributed by atoms with van der Waals surface area (Å²) in [6.45, 7) is 8.91. The highest BCUT2D eigenvalue weighted by Crippen LogP contribution is 2.22. The normalized spacial score (nSPS) is 14.6. The zero-order chi connectivity index (χ0) is 16.7. The molecule has 1 aliphatic heterocycles. The first-order chi connectivity index (χ1) is 11.6. The van der Waals surface area contributed by atoms with E-state index in [4.69, 9.17) is 0 Å². The number of rotatable bonds is 2. The maximum absolute atomic E-state index is 2.52. The Hall–Kier alpha value is -2.00. The van der Waals surface area contributed by atoms with Crippen molar-refractivity contribution in [1.82, 2.24) is 4.40 Å². The molecule has 4 heteroatoms. The second-order valence-electron chi connectivity index (χ2n) is 7.13. The van der Waals surface area contributed by atoms with E-state index in [2.05, 4.69) is 77.5 Å². The fourth-order valence-corrected chi connectivity index (χ4v) is 4.14. The van der Waals surface area contributed by atoms with Gasteiger partial charge in [-0.25, -0.2) is 4.57 Å². The highest BCUT2D eigenvalue weighted by atomic mass is 35.5. The molecule has 3 aromatic rings. The van der Waals surface area contributed by atoms with Crippen LogP contribution < -0.4 is 21.9 Å². The van der Waals surface area contributed by atoms with Gasteiger partial charge in [-0.05, 0) is 57.2 Å². The van der Waals surface area contributed by atoms with Crippen LogP contribution in [-0.4, -0.2) is 17.5 Å². The van der Waals surface area contributed by atoms with E-state index >= 15 is 0 Å². The number of piperidine rings is 1. The minimum atomic E-state index is 0. The first-order valence-corrected chi connectivity index (χ1v) is 8.99. The van der Waals surface area contributed by atoms with Gasteiger partial charge in [-0.15, -0.1) is 0 Å². The quantitative estimate of drug-likeness (QED) is 0.627. The van der Waals surface area contributed by atoms with E-state index in [1.807, 2.05) is 0 Å². The Labute approximate surface area is 156 Å². The van der Waals surface area contributed by atoms with Gasteiger partial charge in [-0.3, -0.25) is 0 Å². The molecule has 25 heavy (non-hydrogen) atoms. The zero-order valence-electron chi connectivity index (χ0n) is 15.3. The van der Waals surface area contributed by atoms with Gasteiger partial charge in [0, 0.05) is 19.2 Å². The Morgan fingerprint density at radius 3 is 2.28 bits per heavy atom. The van der Waals surface area contributed by atoms with E-state index in [0.29, 0.717) is 0 Å². The topological polar surface area (TPSA) is 11.5 Å². The zero-order valence-corrected chi connectivity index (χ0v) is 16.1. The van der Waals surface area contributed by atoms with Crippen LogP contribution in [0.15, 0.2) is 42.9 Å². The summed E-state index contributed by atoms with van der Waals surface area (Å²) in [5.74, 6) is 1.31. The number of hydrogen-bond donors (Lipinski definition) is 0. The molecule has 1 aliphatic rings. The summed E-state index contributed by atoms with van der Waals surface area (Å²) in [6, 6.07) is 11.2. The van der Waals surface area contributed by atoms with Crippen LogP contribution in [0.2, 0.25) is 0 Å². The number of fused-ring (bicyclic) bond motifs is 1. The highest BCUT2D eigenvalue weighted by molar-refractivity contribution is 5.54. The highest BCUT2D eigenvalue weighted by Gasteiger charge is 2.20. The van der Waals surface area contributed by atoms with Crippen molar-refractivity contribution >= 4 is 11.3 Å². The van der Waals surface area contributed by atoms with Crippen molar-refractivity contribution in [2.75, 3.05) is 18.0 Å². The monoisotopic (exact) mass is 355 g/mol. The summed E-state index contributed by atoms with van der Waals surface area (Å²) in [6.07, 6.45) is 8.45. The molecule has 1 fully saturated rings. The number of pyridine rings is 1. The maximum atomic E-state index is 2.52. The lowest BCUT2D eigenvalue weighted by Gasteiger charge is -2.26. The maximum Gasteiger partial charge on any atom is 0.255 e. The third kappa shape index (κ3) is 3.25. The Kier molecular flexibility index (Phi) is 5.05. The predicted octanol–water partition coefficient (Wildman–Crippen LogP) is 1.14. The molecule has 0 atom stereocenters. The van der Waals surface area contributed by atoms with Gasteiger partial charge in [-0.1, -0.05) is 23.8 Å². The van der Waals surface area contributed by atoms with Gasteiger partial charge in [0.25, 0.3) is 6.33 Å². The molecule has 3 nitrogen and oxygen atoms in total. The standard InChI is InChI=1S/C21H26N3.ClH/c1-16-12-17(2)21(18(3)13-16)23-14-19-8-7-9-20(24(19)15-23)22-10-5-4-6-11-22;/h7-9,12-15H,4-6,10-11H2,1-3H3;1H/q+1;/p-1. The van der Waals surface area contributed by atoms with Gasteiger partial charge in [0.2, 0.25) is 5.82 Å². The summed E-state index contributed by atoms with van der Waals surface area (Å²) in [4.78, 5) is 2.52. The van der Waals surface area contributed by atoms with E-state index in [0.717, 1.165) is 0 Å². The number of aryl methyl sites for hydroxylation is 3. The second-order valence-corrected chi connectivity index (χ2v) is 7.13. The molecule has 0 amide bonds. The molecule has 0 spiro atoms. The minimum Gasteiger partial charge on any atom is -1.00 e. The van der Waals surface area contributed by atoms with E-state index in [1.165, 1.54) is 66.1 Å². The fourth-order valence-electron chi connectivity index (χ4n) is 4.14. The van der Waals surface area contributed by atoms with E-state index in [-0.39, 0.29) is 12.4 Å². The average molecular weight is 356 g/mol. The van der Waals surface area contributed by atoms with E-state index in [1.54, 1.807) is 0 Å². The molecule has 132 valence electrons. The summed E-state index contributed by atoms with van der Waals surface area (Å²) < 4.78 is 4.62. The Morgan fingerprint density at radius 1 is 0.920 bits per heavy atom. The lowest BCUT2D eigenvalue weighted by Crippen LogP contribution is -3.00. The first kappa shape index (κ1) is 17.8. The van der Waals surface area contributed by atoms with Crippen molar-refractivity contribution in [3.63, 3.8) is 0 Å². The number of imidazole rings is 1. The van der Waals surface area contributed by atoms with E-state index < -0.39 is 0 Å². The largest absolute Gasteiger partial charge is 1.00 e. The molecule has 3 heterocycles. The predicted molar refractivity (Wildman–Crippen MR) is 99.2 cm³/mol. The number of halogens is 1. The number of benzene rings is 1. The molecular formula is C21H26ClN3. The van der Waals surface area contributed by atoms with Crippen LogP contribution in [0.1, 0.15) is 36.0 Å². The SMILES string of the molecule is Cc1cc(C)c(-[n+]2cc3cccc(N4CCCCC4)n3c2)c(C)c1.[Cl-]. The van der Waals surface area contributed by atoms with Gasteiger partial charge in [0.15, 0.2) is 5.52 Å². The third-order valence-electron chi connectivity index (χ3n) is 5.12. The Bertz CT molecular complexity index is 868. The van der Waals surface area contributed by atoms with E-state index in [9.17, 15) is 0 Å². The van der Waals surface area contributed by atoms with Crippen molar-refractivity contribution in [3.8, 4) is 5.69 Å². The summed E-state index contributed by atoms with van der Waals surface area (Å²) in [5, 5.41) is 0. The van der Waals surface area contributed by atoms with Gasteiger partial charge in [-0.2, -0.15) is 4.40 Å². The van der Waals surface area contributed by atoms with Crippen molar-refractivity contribution in [1.29, 1.82) is 0 Å². The van der Waals surface area contributed by atoms with Crippen molar-refractivity contribution < 1.29 is 17.0 Å². The lowest BCUT2D eigenvalue weighted by atomic mass is 10.1. The van der Waals surface area contributed by atoms with Crippen molar-refractivity contribution in [3.05, 3.63) is 59.5 Å². The molecule has 0 N–H and O–H groups in total. The minimum absolute atomic E-state index is 0. The summed E-state index contributed by atoms with van der Waals surface area (Å²) in [7, 11) is 0. The van der Waals surface area contributed by atoms with Gasteiger partial charge < -0.3 is 17.3 Å². The Balaban J connectivity index is 0.00000182. The molecule has 1 saturated heterocycles. The van der Waals surface area contributed by atoms with Crippen molar-refractivity contribution in [2.45, 2.75) is 40.0 Å². The molecule has 4 rings (SSSR count). The van der Waals surface area contributed by atoms with Crippen LogP contribution in [0.25, 0.3) is 11.2 Å². The lowest BCUT2D eigenvalue weighted by molar-refractivity contribution is -0.594. The van der Waals surface area contributed by atoms with Crippen LogP contribution in [0, 0.1) is 20.8 Å². The molecule has 0 aliphatic carbocycles. The molecule has 1 aromatic carbocycles. The summed E-state index contributed by atoms with van der Waals surface area (Å²) in [5.41, 5.74) is 6.53. The molecule has 0 saturated carbocycles. The number of aromatic nitrogens is 2. The Morgan fingerprint density at radius 2 is 1.60 bits per heavy atom. The van der Waals surface area contributed by atoms with Gasteiger partial charge in [0.05, 0.1) is 0 Å². The number of hydrogen-bond acceptors (Lipinski definition) is 1. The summed E-state index contributed by atoms with van der Waals surface area (Å²) >= 11 is 0. The first-order valence-electron chi connectivity index (χ1n) is 8.99. The molecular weight excluding hydrogens is 330 g/mol. The van der Waals surface area contributed by atoms with Crippen LogP contribution in [0.4, 0.5) is 5.82 Å². The average Bonchev–Trinajstić information content (AvgIpc) is 2.98. The molecule has 2 aromatic heterocycles. The van der Waals surface area contributed by atoms with Gasteiger partial charge in [0.1, 0.15) is 11.9 Å². The molecule has 0 radical (unpaired) electrons. The number of anilines is 1. The van der Waals surface area contributed by atoms with Crippen LogP contribution in [0.3, 0.4) is 0 Å². The number of nitrogens with zero attached hydrogens (tertiary/aromatic N) is 3. The van der Waals surface area contributed by atoms with Crippen molar-refractivity contribution in [2.24, 2.45) is 0 Å². The van der Waals surface area contributed by atoms with Gasteiger partial charge >= 0.3 is 0 Å². The fraction of sp³-hybridized carbons (Fsp3) is 0.381. The molecule has 0 bridgehead atoms. The van der Waals surface area contributed by atoms with Crippen LogP contribution in [0.5, 0.6) is 0 Å². The second kappa shape index (κ2) is 7.09. The van der Waals surface area contributed by atoms with Crippen LogP contribution >= 0.6 is 0 Å². The van der Waals surface area contributed by atoms with Crippen LogP contribution in [-0.2, 0) is 0 Å². The molecule has 0 unspecified atom stereocenters.